The Morgan fingerprint density at radius 1 is 1.07 bits per heavy atom. The average molecular weight is 397 g/mol. The predicted octanol–water partition coefficient (Wildman–Crippen LogP) is 4.97. The summed E-state index contributed by atoms with van der Waals surface area (Å²) in [6.45, 7) is 7.17. The Morgan fingerprint density at radius 2 is 1.82 bits per heavy atom. The number of nitrogens with one attached hydrogen (secondary N) is 2. The van der Waals surface area contributed by atoms with Gasteiger partial charge < -0.3 is 20.1 Å². The van der Waals surface area contributed by atoms with Gasteiger partial charge in [-0.15, -0.1) is 0 Å². The molecule has 1 aliphatic heterocycles. The van der Waals surface area contributed by atoms with E-state index < -0.39 is 0 Å². The quantitative estimate of drug-likeness (QED) is 0.588. The van der Waals surface area contributed by atoms with E-state index in [1.165, 1.54) is 0 Å². The van der Waals surface area contributed by atoms with E-state index in [2.05, 4.69) is 28.8 Å². The second-order valence-corrected chi connectivity index (χ2v) is 7.38. The monoisotopic (exact) mass is 396 g/mol. The molecule has 0 spiro atoms. The number of hydrogen-bond donors (Lipinski definition) is 2. The molecule has 2 N–H and O–H groups in total. The molecule has 4 rings (SSSR count). The standard InChI is InChI=1S/C21H24N4O2S/c1-4-26-17-12-11-15(13-18(17)27-5-2)19-14(3)24-25-20(19)23-21(28-25)22-16-9-7-6-8-10-16/h6-13,21-23H,4-5H2,1-3H3. The first-order valence-corrected chi connectivity index (χ1v) is 10.3. The highest BCUT2D eigenvalue weighted by atomic mass is 32.2. The van der Waals surface area contributed by atoms with Gasteiger partial charge in [-0.05, 0) is 50.6 Å². The van der Waals surface area contributed by atoms with Gasteiger partial charge in [0, 0.05) is 23.2 Å². The normalized spacial score (nSPS) is 15.0. The SMILES string of the molecule is CCOc1ccc(-c2c(C)nn3c2NC(Nc2ccccc2)S3)cc1OCC. The summed E-state index contributed by atoms with van der Waals surface area (Å²) in [5.74, 6) is 2.51. The molecule has 0 radical (unpaired) electrons. The van der Waals surface area contributed by atoms with Crippen LogP contribution in [0.4, 0.5) is 11.5 Å². The Bertz CT molecular complexity index is 959. The van der Waals surface area contributed by atoms with Gasteiger partial charge in [-0.3, -0.25) is 0 Å². The minimum Gasteiger partial charge on any atom is -0.490 e. The summed E-state index contributed by atoms with van der Waals surface area (Å²) in [5.41, 5.74) is 4.18. The summed E-state index contributed by atoms with van der Waals surface area (Å²) in [5, 5.41) is 11.7. The number of nitrogens with zero attached hydrogens (tertiary/aromatic N) is 2. The van der Waals surface area contributed by atoms with Crippen LogP contribution in [0.2, 0.25) is 0 Å². The number of benzene rings is 2. The molecular formula is C21H24N4O2S. The molecule has 0 bridgehead atoms. The van der Waals surface area contributed by atoms with E-state index >= 15 is 0 Å². The molecule has 0 amide bonds. The van der Waals surface area contributed by atoms with E-state index in [9.17, 15) is 0 Å². The van der Waals surface area contributed by atoms with Gasteiger partial charge in [-0.2, -0.15) is 9.19 Å². The van der Waals surface area contributed by atoms with Crippen molar-refractivity contribution in [2.45, 2.75) is 26.3 Å². The maximum Gasteiger partial charge on any atom is 0.168 e. The lowest BCUT2D eigenvalue weighted by Gasteiger charge is -2.15. The zero-order valence-electron chi connectivity index (χ0n) is 16.2. The summed E-state index contributed by atoms with van der Waals surface area (Å²) < 4.78 is 13.4. The van der Waals surface area contributed by atoms with Crippen molar-refractivity contribution in [1.82, 2.24) is 9.19 Å². The molecule has 1 aromatic heterocycles. The molecule has 1 atom stereocenters. The van der Waals surface area contributed by atoms with Crippen LogP contribution in [0.3, 0.4) is 0 Å². The fraction of sp³-hybridized carbons (Fsp3) is 0.286. The summed E-state index contributed by atoms with van der Waals surface area (Å²) in [4.78, 5) is 0. The average Bonchev–Trinajstić information content (AvgIpc) is 3.20. The molecule has 1 aliphatic rings. The fourth-order valence-corrected chi connectivity index (χ4v) is 4.23. The van der Waals surface area contributed by atoms with Crippen LogP contribution in [0.1, 0.15) is 19.5 Å². The van der Waals surface area contributed by atoms with Crippen LogP contribution in [0.25, 0.3) is 11.1 Å². The number of fused-ring (bicyclic) bond motifs is 1. The van der Waals surface area contributed by atoms with Gasteiger partial charge >= 0.3 is 0 Å². The first kappa shape index (κ1) is 18.6. The predicted molar refractivity (Wildman–Crippen MR) is 115 cm³/mol. The molecule has 7 heteroatoms. The number of rotatable bonds is 7. The summed E-state index contributed by atoms with van der Waals surface area (Å²) in [6.07, 6.45) is 0. The van der Waals surface area contributed by atoms with Crippen molar-refractivity contribution < 1.29 is 9.47 Å². The lowest BCUT2D eigenvalue weighted by molar-refractivity contribution is 0.288. The highest BCUT2D eigenvalue weighted by molar-refractivity contribution is 7.98. The molecule has 0 fully saturated rings. The van der Waals surface area contributed by atoms with Crippen molar-refractivity contribution in [3.63, 3.8) is 0 Å². The van der Waals surface area contributed by atoms with E-state index in [-0.39, 0.29) is 5.50 Å². The molecule has 2 aromatic carbocycles. The van der Waals surface area contributed by atoms with E-state index in [0.717, 1.165) is 39.8 Å². The van der Waals surface area contributed by atoms with Crippen LogP contribution in [0.5, 0.6) is 11.5 Å². The first-order valence-electron chi connectivity index (χ1n) is 9.44. The Labute approximate surface area is 169 Å². The van der Waals surface area contributed by atoms with Gasteiger partial charge in [-0.25, -0.2) is 0 Å². The third kappa shape index (κ3) is 3.62. The molecule has 6 nitrogen and oxygen atoms in total. The number of hydrogen-bond acceptors (Lipinski definition) is 6. The zero-order chi connectivity index (χ0) is 19.5. The van der Waals surface area contributed by atoms with Gasteiger partial charge in [-0.1, -0.05) is 24.3 Å². The topological polar surface area (TPSA) is 60.3 Å². The van der Waals surface area contributed by atoms with Crippen molar-refractivity contribution in [2.24, 2.45) is 0 Å². The van der Waals surface area contributed by atoms with Crippen molar-refractivity contribution in [1.29, 1.82) is 0 Å². The Hall–Kier alpha value is -2.80. The Morgan fingerprint density at radius 3 is 2.57 bits per heavy atom. The number of ether oxygens (including phenoxy) is 2. The lowest BCUT2D eigenvalue weighted by Crippen LogP contribution is -2.21. The second kappa shape index (κ2) is 8.06. The first-order chi connectivity index (χ1) is 13.7. The Kier molecular flexibility index (Phi) is 5.34. The van der Waals surface area contributed by atoms with Gasteiger partial charge in [0.2, 0.25) is 0 Å². The smallest absolute Gasteiger partial charge is 0.168 e. The van der Waals surface area contributed by atoms with Crippen LogP contribution in [0, 0.1) is 6.92 Å². The third-order valence-electron chi connectivity index (χ3n) is 4.41. The molecule has 28 heavy (non-hydrogen) atoms. The minimum absolute atomic E-state index is 0.0123. The molecule has 2 heterocycles. The van der Waals surface area contributed by atoms with Crippen molar-refractivity contribution in [2.75, 3.05) is 23.8 Å². The van der Waals surface area contributed by atoms with Crippen LogP contribution in [0.15, 0.2) is 48.5 Å². The molecule has 146 valence electrons. The van der Waals surface area contributed by atoms with E-state index in [1.54, 1.807) is 11.9 Å². The van der Waals surface area contributed by atoms with E-state index in [0.29, 0.717) is 13.2 Å². The van der Waals surface area contributed by atoms with Gasteiger partial charge in [0.25, 0.3) is 0 Å². The molecule has 0 aliphatic carbocycles. The number of para-hydroxylation sites is 1. The van der Waals surface area contributed by atoms with Crippen LogP contribution in [-0.2, 0) is 0 Å². The molecule has 0 saturated carbocycles. The summed E-state index contributed by atoms with van der Waals surface area (Å²) in [7, 11) is 0. The highest BCUT2D eigenvalue weighted by Gasteiger charge is 2.28. The fourth-order valence-electron chi connectivity index (χ4n) is 3.26. The van der Waals surface area contributed by atoms with Gasteiger partial charge in [0.15, 0.2) is 17.0 Å². The molecule has 0 saturated heterocycles. The third-order valence-corrected chi connectivity index (χ3v) is 5.32. The number of anilines is 2. The van der Waals surface area contributed by atoms with Crippen LogP contribution in [-0.4, -0.2) is 27.9 Å². The summed E-state index contributed by atoms with van der Waals surface area (Å²) in [6, 6.07) is 16.2. The molecular weight excluding hydrogens is 372 g/mol. The maximum atomic E-state index is 5.80. The highest BCUT2D eigenvalue weighted by Crippen LogP contribution is 2.42. The van der Waals surface area contributed by atoms with Crippen LogP contribution >= 0.6 is 11.9 Å². The summed E-state index contributed by atoms with van der Waals surface area (Å²) >= 11 is 1.61. The van der Waals surface area contributed by atoms with Gasteiger partial charge in [0.05, 0.1) is 18.9 Å². The van der Waals surface area contributed by atoms with Crippen molar-refractivity contribution >= 4 is 23.5 Å². The van der Waals surface area contributed by atoms with Crippen molar-refractivity contribution in [3.8, 4) is 22.6 Å². The second-order valence-electron chi connectivity index (χ2n) is 6.35. The number of aromatic nitrogens is 2. The van der Waals surface area contributed by atoms with Gasteiger partial charge in [0.1, 0.15) is 5.82 Å². The lowest BCUT2D eigenvalue weighted by atomic mass is 10.0. The Balaban J connectivity index is 1.62. The van der Waals surface area contributed by atoms with E-state index in [4.69, 9.17) is 14.6 Å². The van der Waals surface area contributed by atoms with Crippen molar-refractivity contribution in [3.05, 3.63) is 54.2 Å². The zero-order valence-corrected chi connectivity index (χ0v) is 17.0. The molecule has 3 aromatic rings. The minimum atomic E-state index is 0.0123. The van der Waals surface area contributed by atoms with E-state index in [1.807, 2.05) is 55.2 Å². The molecule has 1 unspecified atom stereocenters. The largest absolute Gasteiger partial charge is 0.490 e. The van der Waals surface area contributed by atoms with Crippen LogP contribution < -0.4 is 20.1 Å². The maximum absolute atomic E-state index is 5.80. The number of aryl methyl sites for hydroxylation is 1.